The number of benzene rings is 2. The van der Waals surface area contributed by atoms with E-state index in [0.29, 0.717) is 35.5 Å². The highest BCUT2D eigenvalue weighted by atomic mass is 32.2. The van der Waals surface area contributed by atoms with E-state index in [-0.39, 0.29) is 23.6 Å². The standard InChI is InChI=1S/C28H35NO5S/c1-29(26-12-7-21-15-23-17-28(31,16-21)18-25(23)26)27(30)22-8-10-24(11-9-22)34-19-35(32,33)14-13-20-5-3-2-4-6-20/h2-6,8-11,21,23,25-26,31H,7,12-19H2,1H3. The van der Waals surface area contributed by atoms with Crippen LogP contribution in [-0.2, 0) is 16.3 Å². The number of fused-ring (bicyclic) bond motifs is 2. The maximum absolute atomic E-state index is 13.3. The maximum Gasteiger partial charge on any atom is 0.253 e. The Morgan fingerprint density at radius 3 is 2.54 bits per heavy atom. The van der Waals surface area contributed by atoms with Gasteiger partial charge in [-0.05, 0) is 92.5 Å². The summed E-state index contributed by atoms with van der Waals surface area (Å²) in [5.41, 5.74) is 1.02. The van der Waals surface area contributed by atoms with Gasteiger partial charge < -0.3 is 14.7 Å². The molecular weight excluding hydrogens is 462 g/mol. The lowest BCUT2D eigenvalue weighted by molar-refractivity contribution is -0.00803. The molecular formula is C28H35NO5S. The minimum Gasteiger partial charge on any atom is -0.478 e. The molecule has 3 aliphatic rings. The number of hydrogen-bond donors (Lipinski definition) is 1. The molecule has 1 amide bonds. The maximum atomic E-state index is 13.3. The van der Waals surface area contributed by atoms with Crippen molar-refractivity contribution in [2.75, 3.05) is 18.7 Å². The zero-order valence-corrected chi connectivity index (χ0v) is 21.1. The lowest BCUT2D eigenvalue weighted by atomic mass is 9.77. The van der Waals surface area contributed by atoms with E-state index >= 15 is 0 Å². The van der Waals surface area contributed by atoms with Crippen molar-refractivity contribution in [3.63, 3.8) is 0 Å². The van der Waals surface area contributed by atoms with Gasteiger partial charge in [-0.3, -0.25) is 4.79 Å². The molecule has 1 N–H and O–H groups in total. The molecule has 5 rings (SSSR count). The third kappa shape index (κ3) is 5.41. The lowest BCUT2D eigenvalue weighted by Gasteiger charge is -2.36. The molecule has 0 heterocycles. The summed E-state index contributed by atoms with van der Waals surface area (Å²) < 4.78 is 30.3. The van der Waals surface area contributed by atoms with Gasteiger partial charge in [-0.25, -0.2) is 8.42 Å². The van der Waals surface area contributed by atoms with Crippen molar-refractivity contribution < 1.29 is 23.1 Å². The zero-order chi connectivity index (χ0) is 24.6. The number of carbonyl (C=O) groups is 1. The second-order valence-corrected chi connectivity index (χ2v) is 13.0. The van der Waals surface area contributed by atoms with Crippen LogP contribution in [0.25, 0.3) is 0 Å². The Morgan fingerprint density at radius 2 is 1.80 bits per heavy atom. The van der Waals surface area contributed by atoms with Crippen LogP contribution in [0, 0.1) is 17.8 Å². The molecule has 0 spiro atoms. The summed E-state index contributed by atoms with van der Waals surface area (Å²) in [4.78, 5) is 15.2. The van der Waals surface area contributed by atoms with Crippen LogP contribution >= 0.6 is 0 Å². The van der Waals surface area contributed by atoms with Crippen molar-refractivity contribution in [3.05, 3.63) is 65.7 Å². The van der Waals surface area contributed by atoms with E-state index in [4.69, 9.17) is 4.74 Å². The van der Waals surface area contributed by atoms with Crippen molar-refractivity contribution in [2.45, 2.75) is 56.6 Å². The molecule has 5 atom stereocenters. The average Bonchev–Trinajstić information content (AvgIpc) is 3.02. The van der Waals surface area contributed by atoms with Gasteiger partial charge in [0.15, 0.2) is 15.8 Å². The van der Waals surface area contributed by atoms with E-state index in [2.05, 4.69) is 0 Å². The van der Waals surface area contributed by atoms with Crippen molar-refractivity contribution >= 4 is 15.7 Å². The van der Waals surface area contributed by atoms with E-state index in [1.807, 2.05) is 42.3 Å². The van der Waals surface area contributed by atoms with Gasteiger partial charge in [-0.2, -0.15) is 0 Å². The second kappa shape index (κ2) is 9.58. The summed E-state index contributed by atoms with van der Waals surface area (Å²) in [5.74, 6) is 1.49. The van der Waals surface area contributed by atoms with Gasteiger partial charge >= 0.3 is 0 Å². The molecule has 3 aliphatic carbocycles. The average molecular weight is 498 g/mol. The molecule has 3 fully saturated rings. The van der Waals surface area contributed by atoms with Gasteiger partial charge in [-0.15, -0.1) is 0 Å². The summed E-state index contributed by atoms with van der Waals surface area (Å²) in [7, 11) is -1.49. The normalized spacial score (nSPS) is 29.5. The minimum atomic E-state index is -3.37. The molecule has 188 valence electrons. The van der Waals surface area contributed by atoms with E-state index in [1.54, 1.807) is 24.3 Å². The molecule has 0 aromatic heterocycles. The monoisotopic (exact) mass is 497 g/mol. The Kier molecular flexibility index (Phi) is 6.66. The minimum absolute atomic E-state index is 0.0257. The first kappa shape index (κ1) is 24.3. The van der Waals surface area contributed by atoms with Crippen LogP contribution in [0.5, 0.6) is 5.75 Å². The largest absolute Gasteiger partial charge is 0.478 e. The summed E-state index contributed by atoms with van der Waals surface area (Å²) in [6.07, 6.45) is 6.32. The summed E-state index contributed by atoms with van der Waals surface area (Å²) in [6.45, 7) is 0. The van der Waals surface area contributed by atoms with Crippen LogP contribution in [0.2, 0.25) is 0 Å². The Morgan fingerprint density at radius 1 is 1.06 bits per heavy atom. The predicted octanol–water partition coefficient (Wildman–Crippen LogP) is 4.08. The number of aliphatic hydroxyl groups is 1. The van der Waals surface area contributed by atoms with Gasteiger partial charge in [0.25, 0.3) is 5.91 Å². The highest BCUT2D eigenvalue weighted by Gasteiger charge is 2.54. The third-order valence-electron chi connectivity index (χ3n) is 8.40. The second-order valence-electron chi connectivity index (χ2n) is 10.9. The molecule has 7 heteroatoms. The fraction of sp³-hybridized carbons (Fsp3) is 0.536. The van der Waals surface area contributed by atoms with Crippen molar-refractivity contribution in [1.29, 1.82) is 0 Å². The van der Waals surface area contributed by atoms with Crippen molar-refractivity contribution in [1.82, 2.24) is 4.90 Å². The molecule has 0 saturated heterocycles. The van der Waals surface area contributed by atoms with Crippen LogP contribution in [0.4, 0.5) is 0 Å². The molecule has 0 radical (unpaired) electrons. The van der Waals surface area contributed by atoms with Crippen molar-refractivity contribution in [3.8, 4) is 5.75 Å². The van der Waals surface area contributed by atoms with E-state index in [9.17, 15) is 18.3 Å². The smallest absolute Gasteiger partial charge is 0.253 e. The molecule has 6 nitrogen and oxygen atoms in total. The van der Waals surface area contributed by atoms with Gasteiger partial charge in [0.05, 0.1) is 11.4 Å². The van der Waals surface area contributed by atoms with Crippen molar-refractivity contribution in [2.24, 2.45) is 17.8 Å². The van der Waals surface area contributed by atoms with Crippen LogP contribution < -0.4 is 4.74 Å². The zero-order valence-electron chi connectivity index (χ0n) is 20.3. The fourth-order valence-electron chi connectivity index (χ4n) is 6.76. The van der Waals surface area contributed by atoms with Crippen LogP contribution in [0.3, 0.4) is 0 Å². The first-order valence-electron chi connectivity index (χ1n) is 12.7. The Labute approximate surface area is 208 Å². The number of amides is 1. The van der Waals surface area contributed by atoms with E-state index in [1.165, 1.54) is 6.42 Å². The van der Waals surface area contributed by atoms with E-state index in [0.717, 1.165) is 37.7 Å². The Balaban J connectivity index is 1.17. The summed E-state index contributed by atoms with van der Waals surface area (Å²) in [5, 5.41) is 11.0. The number of aryl methyl sites for hydroxylation is 1. The Bertz CT molecular complexity index is 1150. The molecule has 35 heavy (non-hydrogen) atoms. The molecule has 3 saturated carbocycles. The van der Waals surface area contributed by atoms with E-state index < -0.39 is 15.4 Å². The molecule has 2 aromatic carbocycles. The number of ether oxygens (including phenoxy) is 1. The van der Waals surface area contributed by atoms with Crippen LogP contribution in [0.15, 0.2) is 54.6 Å². The van der Waals surface area contributed by atoms with Gasteiger partial charge in [-0.1, -0.05) is 30.3 Å². The molecule has 0 aliphatic heterocycles. The summed E-state index contributed by atoms with van der Waals surface area (Å²) in [6, 6.07) is 16.4. The number of carbonyl (C=O) groups excluding carboxylic acids is 1. The van der Waals surface area contributed by atoms with Gasteiger partial charge in [0, 0.05) is 18.7 Å². The number of sulfone groups is 1. The van der Waals surface area contributed by atoms with Crippen LogP contribution in [0.1, 0.15) is 54.4 Å². The number of nitrogens with zero attached hydrogens (tertiary/aromatic N) is 1. The topological polar surface area (TPSA) is 83.9 Å². The van der Waals surface area contributed by atoms with Crippen LogP contribution in [-0.4, -0.2) is 54.7 Å². The first-order chi connectivity index (χ1) is 16.7. The first-order valence-corrected chi connectivity index (χ1v) is 14.5. The SMILES string of the molecule is CN(C(=O)c1ccc(OCS(=O)(=O)CCc2ccccc2)cc1)C1CCC2CC3CC(O)(C2)CC31. The molecule has 5 unspecified atom stereocenters. The number of rotatable bonds is 8. The Hall–Kier alpha value is -2.38. The molecule has 3 bridgehead atoms. The summed E-state index contributed by atoms with van der Waals surface area (Å²) >= 11 is 0. The van der Waals surface area contributed by atoms with Gasteiger partial charge in [0.1, 0.15) is 5.75 Å². The lowest BCUT2D eigenvalue weighted by Crippen LogP contribution is -2.43. The fourth-order valence-corrected chi connectivity index (χ4v) is 7.74. The molecule has 2 aromatic rings. The number of hydrogen-bond acceptors (Lipinski definition) is 5. The van der Waals surface area contributed by atoms with Gasteiger partial charge in [0.2, 0.25) is 0 Å². The quantitative estimate of drug-likeness (QED) is 0.594. The highest BCUT2D eigenvalue weighted by Crippen LogP contribution is 2.56. The predicted molar refractivity (Wildman–Crippen MR) is 135 cm³/mol. The third-order valence-corrected chi connectivity index (χ3v) is 9.70. The highest BCUT2D eigenvalue weighted by molar-refractivity contribution is 7.91.